The van der Waals surface area contributed by atoms with Crippen molar-refractivity contribution in [2.75, 3.05) is 4.90 Å². The van der Waals surface area contributed by atoms with E-state index in [9.17, 15) is 14.0 Å². The minimum absolute atomic E-state index is 0.200. The van der Waals surface area contributed by atoms with Crippen molar-refractivity contribution in [3.05, 3.63) is 96.5 Å². The van der Waals surface area contributed by atoms with Gasteiger partial charge in [-0.1, -0.05) is 30.3 Å². The predicted octanol–water partition coefficient (Wildman–Crippen LogP) is 3.60. The van der Waals surface area contributed by atoms with Crippen LogP contribution in [0.1, 0.15) is 21.0 Å². The normalized spacial score (nSPS) is 10.8. The fourth-order valence-electron chi connectivity index (χ4n) is 2.39. The zero-order valence-electron chi connectivity index (χ0n) is 14.0. The number of rotatable bonds is 5. The van der Waals surface area contributed by atoms with Crippen LogP contribution in [0.4, 0.5) is 10.1 Å². The molecule has 0 aliphatic rings. The van der Waals surface area contributed by atoms with Crippen molar-refractivity contribution >= 4 is 17.4 Å². The van der Waals surface area contributed by atoms with E-state index in [-0.39, 0.29) is 11.6 Å². The van der Waals surface area contributed by atoms with Gasteiger partial charge in [0.05, 0.1) is 0 Å². The van der Waals surface area contributed by atoms with E-state index in [1.165, 1.54) is 47.6 Å². The molecular weight excluding hydrogens is 333 g/mol. The zero-order valence-corrected chi connectivity index (χ0v) is 14.0. The number of halogens is 1. The molecule has 0 atom stereocenters. The number of imidazole rings is 1. The number of aryl methyl sites for hydroxylation is 1. The number of aromatic nitrogens is 2. The van der Waals surface area contributed by atoms with E-state index >= 15 is 0 Å². The first kappa shape index (κ1) is 17.3. The van der Waals surface area contributed by atoms with Gasteiger partial charge in [0.1, 0.15) is 5.82 Å². The molecule has 0 saturated heterocycles. The van der Waals surface area contributed by atoms with Crippen LogP contribution in [0.2, 0.25) is 0 Å². The molecule has 130 valence electrons. The first-order valence-corrected chi connectivity index (χ1v) is 7.90. The zero-order chi connectivity index (χ0) is 18.5. The largest absolute Gasteiger partial charge is 0.330 e. The lowest BCUT2D eigenvalue weighted by Gasteiger charge is -2.18. The van der Waals surface area contributed by atoms with Crippen molar-refractivity contribution in [2.45, 2.75) is 0 Å². The molecule has 0 saturated carbocycles. The second-order valence-corrected chi connectivity index (χ2v) is 5.56. The van der Waals surface area contributed by atoms with Crippen molar-refractivity contribution in [2.24, 2.45) is 7.05 Å². The van der Waals surface area contributed by atoms with Crippen LogP contribution in [0.5, 0.6) is 0 Å². The Morgan fingerprint density at radius 2 is 1.77 bits per heavy atom. The molecule has 1 heterocycles. The van der Waals surface area contributed by atoms with Crippen molar-refractivity contribution in [3.63, 3.8) is 0 Å². The van der Waals surface area contributed by atoms with Gasteiger partial charge in [-0.15, -0.1) is 0 Å². The molecule has 0 spiro atoms. The van der Waals surface area contributed by atoms with Crippen LogP contribution in [-0.2, 0) is 7.05 Å². The third-order valence-corrected chi connectivity index (χ3v) is 3.77. The summed E-state index contributed by atoms with van der Waals surface area (Å²) in [7, 11) is 1.70. The minimum Gasteiger partial charge on any atom is -0.330 e. The Labute approximate surface area is 150 Å². The summed E-state index contributed by atoms with van der Waals surface area (Å²) in [4.78, 5) is 30.5. The molecule has 6 heteroatoms. The van der Waals surface area contributed by atoms with E-state index in [4.69, 9.17) is 0 Å². The molecule has 0 N–H and O–H groups in total. The highest BCUT2D eigenvalue weighted by Gasteiger charge is 2.20. The maximum absolute atomic E-state index is 13.2. The van der Waals surface area contributed by atoms with E-state index in [2.05, 4.69) is 4.98 Å². The maximum Gasteiger partial charge on any atom is 0.298 e. The second-order valence-electron chi connectivity index (χ2n) is 5.56. The Kier molecular flexibility index (Phi) is 5.03. The van der Waals surface area contributed by atoms with Gasteiger partial charge in [-0.25, -0.2) is 9.37 Å². The smallest absolute Gasteiger partial charge is 0.298 e. The summed E-state index contributed by atoms with van der Waals surface area (Å²) >= 11 is 0. The summed E-state index contributed by atoms with van der Waals surface area (Å²) in [5.74, 6) is -0.889. The highest BCUT2D eigenvalue weighted by molar-refractivity contribution is 6.08. The van der Waals surface area contributed by atoms with Crippen molar-refractivity contribution in [3.8, 4) is 0 Å². The third-order valence-electron chi connectivity index (χ3n) is 3.77. The molecule has 26 heavy (non-hydrogen) atoms. The van der Waals surface area contributed by atoms with Crippen LogP contribution in [0, 0.1) is 5.82 Å². The lowest BCUT2D eigenvalue weighted by molar-refractivity contribution is 0.0985. The molecule has 0 bridgehead atoms. The van der Waals surface area contributed by atoms with E-state index in [1.54, 1.807) is 42.1 Å². The number of ketones is 1. The number of carbonyl (C=O) groups excluding carboxylic acids is 2. The van der Waals surface area contributed by atoms with Gasteiger partial charge in [0.25, 0.3) is 5.91 Å². The van der Waals surface area contributed by atoms with Crippen LogP contribution in [0.25, 0.3) is 0 Å². The molecule has 1 aromatic heterocycles. The van der Waals surface area contributed by atoms with Crippen LogP contribution in [0.3, 0.4) is 0 Å². The standard InChI is InChI=1S/C20H16FN3O2/c1-23-14-12-22-19(23)20(26)24(17-9-7-16(21)8-10-17)13-11-18(25)15-5-3-2-4-6-15/h2-14H,1H3/b13-11+. The molecule has 3 aromatic rings. The molecule has 0 fully saturated rings. The lowest BCUT2D eigenvalue weighted by atomic mass is 10.1. The number of amides is 1. The summed E-state index contributed by atoms with van der Waals surface area (Å²) < 4.78 is 14.8. The second kappa shape index (κ2) is 7.57. The van der Waals surface area contributed by atoms with Gasteiger partial charge in [0.2, 0.25) is 0 Å². The number of anilines is 1. The van der Waals surface area contributed by atoms with Crippen molar-refractivity contribution in [1.29, 1.82) is 0 Å². The van der Waals surface area contributed by atoms with Gasteiger partial charge in [-0.05, 0) is 24.3 Å². The van der Waals surface area contributed by atoms with Gasteiger partial charge in [0, 0.05) is 43.0 Å². The molecule has 0 aliphatic heterocycles. The first-order chi connectivity index (χ1) is 12.6. The van der Waals surface area contributed by atoms with Gasteiger partial charge in [-0.2, -0.15) is 0 Å². The molecule has 0 aliphatic carbocycles. The number of hydrogen-bond acceptors (Lipinski definition) is 3. The molecule has 3 rings (SSSR count). The fraction of sp³-hybridized carbons (Fsp3) is 0.0500. The molecule has 1 amide bonds. The number of allylic oxidation sites excluding steroid dienone is 1. The summed E-state index contributed by atoms with van der Waals surface area (Å²) in [6.45, 7) is 0. The number of carbonyl (C=O) groups is 2. The Balaban J connectivity index is 1.94. The van der Waals surface area contributed by atoms with E-state index < -0.39 is 11.7 Å². The maximum atomic E-state index is 13.2. The van der Waals surface area contributed by atoms with Gasteiger partial charge >= 0.3 is 0 Å². The van der Waals surface area contributed by atoms with Gasteiger partial charge in [-0.3, -0.25) is 14.5 Å². The summed E-state index contributed by atoms with van der Waals surface area (Å²) in [6, 6.07) is 14.2. The Bertz CT molecular complexity index is 947. The molecule has 2 aromatic carbocycles. The van der Waals surface area contributed by atoms with Crippen LogP contribution < -0.4 is 4.90 Å². The highest BCUT2D eigenvalue weighted by Crippen LogP contribution is 2.18. The lowest BCUT2D eigenvalue weighted by Crippen LogP contribution is -2.28. The van der Waals surface area contributed by atoms with Crippen LogP contribution >= 0.6 is 0 Å². The Morgan fingerprint density at radius 1 is 1.08 bits per heavy atom. The van der Waals surface area contributed by atoms with E-state index in [0.717, 1.165) is 0 Å². The first-order valence-electron chi connectivity index (χ1n) is 7.90. The average Bonchev–Trinajstić information content (AvgIpc) is 3.09. The quantitative estimate of drug-likeness (QED) is 0.522. The van der Waals surface area contributed by atoms with Gasteiger partial charge in [0.15, 0.2) is 11.6 Å². The van der Waals surface area contributed by atoms with E-state index in [0.29, 0.717) is 11.3 Å². The topological polar surface area (TPSA) is 55.2 Å². The number of nitrogens with zero attached hydrogens (tertiary/aromatic N) is 3. The SMILES string of the molecule is Cn1ccnc1C(=O)N(/C=C/C(=O)c1ccccc1)c1ccc(F)cc1. The fourth-order valence-corrected chi connectivity index (χ4v) is 2.39. The molecule has 0 radical (unpaired) electrons. The Hall–Kier alpha value is -3.54. The van der Waals surface area contributed by atoms with E-state index in [1.807, 2.05) is 6.07 Å². The predicted molar refractivity (Wildman–Crippen MR) is 96.3 cm³/mol. The monoisotopic (exact) mass is 349 g/mol. The molecule has 0 unspecified atom stereocenters. The molecule has 5 nitrogen and oxygen atoms in total. The summed E-state index contributed by atoms with van der Waals surface area (Å²) in [5, 5.41) is 0. The van der Waals surface area contributed by atoms with Crippen molar-refractivity contribution in [1.82, 2.24) is 9.55 Å². The highest BCUT2D eigenvalue weighted by atomic mass is 19.1. The number of hydrogen-bond donors (Lipinski definition) is 0. The van der Waals surface area contributed by atoms with Crippen molar-refractivity contribution < 1.29 is 14.0 Å². The average molecular weight is 349 g/mol. The van der Waals surface area contributed by atoms with Gasteiger partial charge < -0.3 is 4.57 Å². The third kappa shape index (κ3) is 3.75. The number of benzene rings is 2. The van der Waals surface area contributed by atoms with Crippen LogP contribution in [-0.4, -0.2) is 21.2 Å². The minimum atomic E-state index is -0.429. The summed E-state index contributed by atoms with van der Waals surface area (Å²) in [6.07, 6.45) is 5.84. The summed E-state index contributed by atoms with van der Waals surface area (Å²) in [5.41, 5.74) is 0.934. The molecular formula is C20H16FN3O2. The van der Waals surface area contributed by atoms with Crippen LogP contribution in [0.15, 0.2) is 79.3 Å². The Morgan fingerprint density at radius 3 is 2.38 bits per heavy atom.